The molecule has 1 unspecified atom stereocenters. The van der Waals surface area contributed by atoms with E-state index in [0.717, 1.165) is 19.4 Å². The Morgan fingerprint density at radius 3 is 2.54 bits per heavy atom. The van der Waals surface area contributed by atoms with Crippen LogP contribution in [0.15, 0.2) is 42.7 Å². The van der Waals surface area contributed by atoms with Crippen LogP contribution in [0, 0.1) is 0 Å². The van der Waals surface area contributed by atoms with Crippen LogP contribution >= 0.6 is 0 Å². The maximum atomic E-state index is 5.96. The summed E-state index contributed by atoms with van der Waals surface area (Å²) in [6, 6.07) is 10.5. The molecule has 0 radical (unpaired) electrons. The summed E-state index contributed by atoms with van der Waals surface area (Å²) in [5.41, 5.74) is 1.36. The van der Waals surface area contributed by atoms with E-state index >= 15 is 0 Å². The molecule has 0 N–H and O–H groups in total. The Morgan fingerprint density at radius 2 is 1.82 bits per heavy atom. The molecular weight excluding hydrogens is 352 g/mol. The van der Waals surface area contributed by atoms with E-state index in [-0.39, 0.29) is 0 Å². The monoisotopic (exact) mass is 384 g/mol. The molecule has 152 valence electrons. The number of hydrogen-bond acceptors (Lipinski definition) is 5. The number of piperidine rings is 1. The zero-order chi connectivity index (χ0) is 19.6. The van der Waals surface area contributed by atoms with Crippen molar-refractivity contribution in [1.29, 1.82) is 0 Å². The summed E-state index contributed by atoms with van der Waals surface area (Å²) < 4.78 is 16.7. The van der Waals surface area contributed by atoms with E-state index < -0.39 is 0 Å². The fraction of sp³-hybridized carbons (Fsp3) is 0.522. The third-order valence-electron chi connectivity index (χ3n) is 5.40. The fourth-order valence-electron chi connectivity index (χ4n) is 3.94. The second-order valence-electron chi connectivity index (χ2n) is 7.23. The number of rotatable bonds is 10. The van der Waals surface area contributed by atoms with Gasteiger partial charge in [-0.1, -0.05) is 18.6 Å². The van der Waals surface area contributed by atoms with Crippen LogP contribution in [-0.2, 0) is 0 Å². The third-order valence-corrected chi connectivity index (χ3v) is 5.40. The molecule has 1 fully saturated rings. The lowest BCUT2D eigenvalue weighted by Gasteiger charge is -2.36. The average molecular weight is 385 g/mol. The van der Waals surface area contributed by atoms with Crippen LogP contribution in [0.4, 0.5) is 0 Å². The molecule has 0 amide bonds. The van der Waals surface area contributed by atoms with Gasteiger partial charge in [-0.3, -0.25) is 9.88 Å². The number of aromatic nitrogens is 1. The van der Waals surface area contributed by atoms with Crippen LogP contribution in [0.3, 0.4) is 0 Å². The minimum Gasteiger partial charge on any atom is -0.493 e. The van der Waals surface area contributed by atoms with Gasteiger partial charge in [-0.05, 0) is 69.0 Å². The van der Waals surface area contributed by atoms with Gasteiger partial charge in [0, 0.05) is 18.4 Å². The SMILES string of the molecule is COc1cccc(OC)c1OCCCCCN1CCCCC1c1cccnc1. The van der Waals surface area contributed by atoms with Crippen molar-refractivity contribution in [3.8, 4) is 17.2 Å². The molecule has 1 aliphatic rings. The number of nitrogens with zero attached hydrogens (tertiary/aromatic N) is 2. The number of para-hydroxylation sites is 1. The average Bonchev–Trinajstić information content (AvgIpc) is 2.76. The van der Waals surface area contributed by atoms with Crippen LogP contribution in [-0.4, -0.2) is 43.8 Å². The van der Waals surface area contributed by atoms with Crippen molar-refractivity contribution in [1.82, 2.24) is 9.88 Å². The summed E-state index contributed by atoms with van der Waals surface area (Å²) in [6.07, 6.45) is 11.1. The van der Waals surface area contributed by atoms with Crippen LogP contribution < -0.4 is 14.2 Å². The molecule has 2 aromatic rings. The van der Waals surface area contributed by atoms with E-state index in [1.165, 1.54) is 37.8 Å². The van der Waals surface area contributed by atoms with Gasteiger partial charge in [0.05, 0.1) is 20.8 Å². The minimum absolute atomic E-state index is 0.525. The van der Waals surface area contributed by atoms with Crippen molar-refractivity contribution in [2.75, 3.05) is 33.9 Å². The Bertz CT molecular complexity index is 686. The quantitative estimate of drug-likeness (QED) is 0.547. The van der Waals surface area contributed by atoms with E-state index in [2.05, 4.69) is 16.0 Å². The molecule has 28 heavy (non-hydrogen) atoms. The van der Waals surface area contributed by atoms with Crippen LogP contribution in [0.5, 0.6) is 17.2 Å². The van der Waals surface area contributed by atoms with Crippen LogP contribution in [0.25, 0.3) is 0 Å². The van der Waals surface area contributed by atoms with Gasteiger partial charge >= 0.3 is 0 Å². The zero-order valence-corrected chi connectivity index (χ0v) is 17.1. The van der Waals surface area contributed by atoms with Gasteiger partial charge in [-0.15, -0.1) is 0 Å². The lowest BCUT2D eigenvalue weighted by atomic mass is 9.96. The number of likely N-dealkylation sites (tertiary alicyclic amines) is 1. The molecule has 1 aliphatic heterocycles. The van der Waals surface area contributed by atoms with E-state index in [1.807, 2.05) is 36.7 Å². The number of methoxy groups -OCH3 is 2. The number of ether oxygens (including phenoxy) is 3. The molecule has 1 aromatic heterocycles. The number of hydrogen-bond donors (Lipinski definition) is 0. The smallest absolute Gasteiger partial charge is 0.203 e. The highest BCUT2D eigenvalue weighted by molar-refractivity contribution is 5.51. The summed E-state index contributed by atoms with van der Waals surface area (Å²) in [7, 11) is 3.30. The molecule has 1 saturated heterocycles. The molecule has 2 heterocycles. The van der Waals surface area contributed by atoms with Crippen molar-refractivity contribution in [3.05, 3.63) is 48.3 Å². The van der Waals surface area contributed by atoms with E-state index in [9.17, 15) is 0 Å². The molecule has 0 spiro atoms. The van der Waals surface area contributed by atoms with Gasteiger partial charge in [-0.25, -0.2) is 0 Å². The summed E-state index contributed by atoms with van der Waals surface area (Å²) in [5.74, 6) is 2.12. The third kappa shape index (κ3) is 5.38. The van der Waals surface area contributed by atoms with Gasteiger partial charge in [-0.2, -0.15) is 0 Å². The first-order chi connectivity index (χ1) is 13.8. The fourth-order valence-corrected chi connectivity index (χ4v) is 3.94. The number of pyridine rings is 1. The van der Waals surface area contributed by atoms with Crippen molar-refractivity contribution in [3.63, 3.8) is 0 Å². The molecule has 5 heteroatoms. The van der Waals surface area contributed by atoms with Crippen LogP contribution in [0.1, 0.15) is 50.1 Å². The van der Waals surface area contributed by atoms with Gasteiger partial charge in [0.25, 0.3) is 0 Å². The minimum atomic E-state index is 0.525. The van der Waals surface area contributed by atoms with Gasteiger partial charge in [0.2, 0.25) is 5.75 Å². The highest BCUT2D eigenvalue weighted by Gasteiger charge is 2.23. The lowest BCUT2D eigenvalue weighted by molar-refractivity contribution is 0.144. The Labute approximate surface area is 168 Å². The van der Waals surface area contributed by atoms with E-state index in [1.54, 1.807) is 14.2 Å². The Balaban J connectivity index is 1.42. The summed E-state index contributed by atoms with van der Waals surface area (Å²) >= 11 is 0. The first-order valence-electron chi connectivity index (χ1n) is 10.3. The molecular formula is C23H32N2O3. The first kappa shape index (κ1) is 20.5. The molecule has 5 nitrogen and oxygen atoms in total. The largest absolute Gasteiger partial charge is 0.493 e. The van der Waals surface area contributed by atoms with Crippen molar-refractivity contribution in [2.24, 2.45) is 0 Å². The molecule has 0 bridgehead atoms. The first-order valence-corrected chi connectivity index (χ1v) is 10.3. The number of benzene rings is 1. The van der Waals surface area contributed by atoms with E-state index in [4.69, 9.17) is 14.2 Å². The standard InChI is InChI=1S/C23H32N2O3/c1-26-21-12-8-13-22(27-2)23(21)28-17-7-3-5-15-25-16-6-4-11-20(25)19-10-9-14-24-18-19/h8-10,12-14,18,20H,3-7,11,15-17H2,1-2H3. The van der Waals surface area contributed by atoms with Gasteiger partial charge in [0.15, 0.2) is 11.5 Å². The molecule has 0 saturated carbocycles. The predicted octanol–water partition coefficient (Wildman–Crippen LogP) is 4.88. The van der Waals surface area contributed by atoms with Gasteiger partial charge in [0.1, 0.15) is 0 Å². The van der Waals surface area contributed by atoms with E-state index in [0.29, 0.717) is 29.9 Å². The summed E-state index contributed by atoms with van der Waals surface area (Å²) in [4.78, 5) is 6.94. The molecule has 3 rings (SSSR count). The summed E-state index contributed by atoms with van der Waals surface area (Å²) in [6.45, 7) is 2.99. The molecule has 1 atom stereocenters. The Kier molecular flexibility index (Phi) is 7.97. The van der Waals surface area contributed by atoms with Crippen molar-refractivity contribution < 1.29 is 14.2 Å². The highest BCUT2D eigenvalue weighted by Crippen LogP contribution is 2.37. The summed E-state index contributed by atoms with van der Waals surface area (Å²) in [5, 5.41) is 0. The van der Waals surface area contributed by atoms with Crippen LogP contribution in [0.2, 0.25) is 0 Å². The molecule has 0 aliphatic carbocycles. The second-order valence-corrected chi connectivity index (χ2v) is 7.23. The maximum absolute atomic E-state index is 5.96. The highest BCUT2D eigenvalue weighted by atomic mass is 16.5. The Morgan fingerprint density at radius 1 is 1.00 bits per heavy atom. The lowest BCUT2D eigenvalue weighted by Crippen LogP contribution is -2.34. The Hall–Kier alpha value is -2.27. The predicted molar refractivity (Wildman–Crippen MR) is 111 cm³/mol. The molecule has 1 aromatic carbocycles. The normalized spacial score (nSPS) is 17.3. The van der Waals surface area contributed by atoms with Crippen molar-refractivity contribution >= 4 is 0 Å². The maximum Gasteiger partial charge on any atom is 0.203 e. The topological polar surface area (TPSA) is 43.8 Å². The zero-order valence-electron chi connectivity index (χ0n) is 17.1. The number of unbranched alkanes of at least 4 members (excludes halogenated alkanes) is 2. The second kappa shape index (κ2) is 10.9. The van der Waals surface area contributed by atoms with Gasteiger partial charge < -0.3 is 14.2 Å². The van der Waals surface area contributed by atoms with Crippen molar-refractivity contribution in [2.45, 2.75) is 44.6 Å².